The Kier molecular flexibility index (Phi) is 6.37. The lowest BCUT2D eigenvalue weighted by Gasteiger charge is -2.15. The molecule has 0 saturated carbocycles. The summed E-state index contributed by atoms with van der Waals surface area (Å²) in [4.78, 5) is 18.3. The Morgan fingerprint density at radius 1 is 1.41 bits per heavy atom. The Labute approximate surface area is 103 Å². The minimum atomic E-state index is -0.350. The van der Waals surface area contributed by atoms with Crippen molar-refractivity contribution in [2.45, 2.75) is 58.5 Å². The highest BCUT2D eigenvalue weighted by molar-refractivity contribution is 5.85. The third-order valence-electron chi connectivity index (χ3n) is 2.80. The fraction of sp³-hybridized carbons (Fsp3) is 0.692. The van der Waals surface area contributed by atoms with Crippen LogP contribution in [0.25, 0.3) is 0 Å². The van der Waals surface area contributed by atoms with Crippen LogP contribution >= 0.6 is 0 Å². The van der Waals surface area contributed by atoms with Crippen molar-refractivity contribution in [2.24, 2.45) is 0 Å². The van der Waals surface area contributed by atoms with Crippen molar-refractivity contribution in [1.82, 2.24) is 9.97 Å². The third kappa shape index (κ3) is 5.02. The SMILES string of the molecule is CCCCCCC(CC)OC(=O)c1ncc[nH]1. The molecular weight excluding hydrogens is 216 g/mol. The molecule has 1 N–H and O–H groups in total. The van der Waals surface area contributed by atoms with E-state index in [0.29, 0.717) is 0 Å². The molecule has 0 aliphatic heterocycles. The van der Waals surface area contributed by atoms with Crippen LogP contribution in [-0.4, -0.2) is 22.0 Å². The van der Waals surface area contributed by atoms with E-state index in [0.717, 1.165) is 19.3 Å². The average Bonchev–Trinajstić information content (AvgIpc) is 2.86. The summed E-state index contributed by atoms with van der Waals surface area (Å²) in [7, 11) is 0. The van der Waals surface area contributed by atoms with Gasteiger partial charge in [0.1, 0.15) is 6.10 Å². The van der Waals surface area contributed by atoms with Gasteiger partial charge in [0.15, 0.2) is 0 Å². The van der Waals surface area contributed by atoms with E-state index in [1.165, 1.54) is 19.3 Å². The maximum absolute atomic E-state index is 11.6. The van der Waals surface area contributed by atoms with Gasteiger partial charge in [-0.15, -0.1) is 0 Å². The van der Waals surface area contributed by atoms with E-state index >= 15 is 0 Å². The molecule has 0 saturated heterocycles. The van der Waals surface area contributed by atoms with Gasteiger partial charge in [-0.05, 0) is 19.3 Å². The molecule has 0 aliphatic rings. The van der Waals surface area contributed by atoms with Crippen molar-refractivity contribution in [1.29, 1.82) is 0 Å². The largest absolute Gasteiger partial charge is 0.457 e. The maximum atomic E-state index is 11.6. The molecule has 1 heterocycles. The van der Waals surface area contributed by atoms with E-state index in [1.54, 1.807) is 12.4 Å². The molecule has 1 unspecified atom stereocenters. The number of nitrogens with zero attached hydrogens (tertiary/aromatic N) is 1. The number of nitrogens with one attached hydrogen (secondary N) is 1. The van der Waals surface area contributed by atoms with Crippen molar-refractivity contribution >= 4 is 5.97 Å². The van der Waals surface area contributed by atoms with Crippen molar-refractivity contribution < 1.29 is 9.53 Å². The third-order valence-corrected chi connectivity index (χ3v) is 2.80. The highest BCUT2D eigenvalue weighted by Gasteiger charge is 2.15. The fourth-order valence-corrected chi connectivity index (χ4v) is 1.73. The lowest BCUT2D eigenvalue weighted by atomic mass is 10.1. The topological polar surface area (TPSA) is 55.0 Å². The average molecular weight is 238 g/mol. The van der Waals surface area contributed by atoms with Crippen LogP contribution in [0.1, 0.15) is 63.0 Å². The van der Waals surface area contributed by atoms with Crippen LogP contribution < -0.4 is 0 Å². The van der Waals surface area contributed by atoms with Gasteiger partial charge < -0.3 is 9.72 Å². The summed E-state index contributed by atoms with van der Waals surface area (Å²) < 4.78 is 5.39. The van der Waals surface area contributed by atoms with E-state index in [9.17, 15) is 4.79 Å². The van der Waals surface area contributed by atoms with Crippen molar-refractivity contribution in [3.05, 3.63) is 18.2 Å². The Morgan fingerprint density at radius 3 is 2.82 bits per heavy atom. The molecule has 4 nitrogen and oxygen atoms in total. The highest BCUT2D eigenvalue weighted by Crippen LogP contribution is 2.12. The van der Waals surface area contributed by atoms with Crippen molar-refractivity contribution in [3.8, 4) is 0 Å². The number of H-pyrrole nitrogens is 1. The standard InChI is InChI=1S/C13H22N2O2/c1-3-5-6-7-8-11(4-2)17-13(16)12-14-9-10-15-12/h9-11H,3-8H2,1-2H3,(H,14,15). The predicted molar refractivity (Wildman–Crippen MR) is 66.8 cm³/mol. The maximum Gasteiger partial charge on any atom is 0.374 e. The van der Waals surface area contributed by atoms with Crippen LogP contribution in [0, 0.1) is 0 Å². The summed E-state index contributed by atoms with van der Waals surface area (Å²) in [5.41, 5.74) is 0. The molecule has 0 aliphatic carbocycles. The molecule has 1 atom stereocenters. The number of hydrogen-bond donors (Lipinski definition) is 1. The van der Waals surface area contributed by atoms with Gasteiger partial charge in [0.05, 0.1) is 0 Å². The van der Waals surface area contributed by atoms with Gasteiger partial charge in [0.2, 0.25) is 5.82 Å². The molecule has 0 fully saturated rings. The summed E-state index contributed by atoms with van der Waals surface area (Å²) in [6.07, 6.45) is 9.82. The smallest absolute Gasteiger partial charge is 0.374 e. The van der Waals surface area contributed by atoms with Crippen LogP contribution in [0.3, 0.4) is 0 Å². The van der Waals surface area contributed by atoms with Crippen LogP contribution in [0.5, 0.6) is 0 Å². The number of aromatic amines is 1. The first-order chi connectivity index (χ1) is 8.27. The van der Waals surface area contributed by atoms with E-state index in [1.807, 2.05) is 6.92 Å². The lowest BCUT2D eigenvalue weighted by molar-refractivity contribution is 0.0254. The molecule has 1 rings (SSSR count). The van der Waals surface area contributed by atoms with E-state index in [4.69, 9.17) is 4.74 Å². The summed E-state index contributed by atoms with van der Waals surface area (Å²) in [5, 5.41) is 0. The first kappa shape index (κ1) is 13.7. The molecule has 4 heteroatoms. The van der Waals surface area contributed by atoms with Crippen molar-refractivity contribution in [3.63, 3.8) is 0 Å². The van der Waals surface area contributed by atoms with Crippen LogP contribution in [0.15, 0.2) is 12.4 Å². The van der Waals surface area contributed by atoms with E-state index in [-0.39, 0.29) is 17.9 Å². The molecule has 1 aromatic heterocycles. The van der Waals surface area contributed by atoms with Gasteiger partial charge in [-0.2, -0.15) is 0 Å². The molecule has 17 heavy (non-hydrogen) atoms. The van der Waals surface area contributed by atoms with Gasteiger partial charge in [-0.25, -0.2) is 9.78 Å². The first-order valence-electron chi connectivity index (χ1n) is 6.48. The number of esters is 1. The zero-order chi connectivity index (χ0) is 12.5. The number of hydrogen-bond acceptors (Lipinski definition) is 3. The zero-order valence-corrected chi connectivity index (χ0v) is 10.7. The molecule has 0 spiro atoms. The zero-order valence-electron chi connectivity index (χ0n) is 10.7. The second-order valence-corrected chi connectivity index (χ2v) is 4.22. The van der Waals surface area contributed by atoms with Gasteiger partial charge >= 0.3 is 5.97 Å². The molecule has 1 aromatic rings. The summed E-state index contributed by atoms with van der Waals surface area (Å²) in [5.74, 6) is -0.0608. The quantitative estimate of drug-likeness (QED) is 0.558. The molecule has 0 radical (unpaired) electrons. The Morgan fingerprint density at radius 2 is 2.24 bits per heavy atom. The number of aromatic nitrogens is 2. The minimum absolute atomic E-state index is 0.0180. The van der Waals surface area contributed by atoms with Crippen LogP contribution in [0.2, 0.25) is 0 Å². The van der Waals surface area contributed by atoms with Crippen LogP contribution in [0.4, 0.5) is 0 Å². The lowest BCUT2D eigenvalue weighted by Crippen LogP contribution is -2.18. The minimum Gasteiger partial charge on any atom is -0.457 e. The summed E-state index contributed by atoms with van der Waals surface area (Å²) >= 11 is 0. The second-order valence-electron chi connectivity index (χ2n) is 4.22. The summed E-state index contributed by atoms with van der Waals surface area (Å²) in [6.45, 7) is 4.23. The Bertz CT molecular complexity index is 309. The number of carbonyl (C=O) groups excluding carboxylic acids is 1. The van der Waals surface area contributed by atoms with Gasteiger partial charge in [-0.1, -0.05) is 33.1 Å². The van der Waals surface area contributed by atoms with Crippen molar-refractivity contribution in [2.75, 3.05) is 0 Å². The molecule has 96 valence electrons. The Hall–Kier alpha value is -1.32. The fourth-order valence-electron chi connectivity index (χ4n) is 1.73. The number of carbonyl (C=O) groups is 1. The second kappa shape index (κ2) is 7.87. The van der Waals surface area contributed by atoms with Gasteiger partial charge in [0, 0.05) is 12.4 Å². The number of rotatable bonds is 8. The normalized spacial score (nSPS) is 12.4. The summed E-state index contributed by atoms with van der Waals surface area (Å²) in [6, 6.07) is 0. The molecular formula is C13H22N2O2. The monoisotopic (exact) mass is 238 g/mol. The predicted octanol–water partition coefficient (Wildman–Crippen LogP) is 3.32. The van der Waals surface area contributed by atoms with Crippen LogP contribution in [-0.2, 0) is 4.74 Å². The van der Waals surface area contributed by atoms with E-state index < -0.39 is 0 Å². The first-order valence-corrected chi connectivity index (χ1v) is 6.48. The molecule has 0 bridgehead atoms. The van der Waals surface area contributed by atoms with Gasteiger partial charge in [-0.3, -0.25) is 0 Å². The van der Waals surface area contributed by atoms with Gasteiger partial charge in [0.25, 0.3) is 0 Å². The molecule has 0 aromatic carbocycles. The number of unbranched alkanes of at least 4 members (excludes halogenated alkanes) is 3. The molecule has 0 amide bonds. The highest BCUT2D eigenvalue weighted by atomic mass is 16.5. The number of ether oxygens (including phenoxy) is 1. The number of imidazole rings is 1. The van der Waals surface area contributed by atoms with E-state index in [2.05, 4.69) is 16.9 Å². The Balaban J connectivity index is 2.29.